The minimum absolute atomic E-state index is 0.196. The van der Waals surface area contributed by atoms with Crippen LogP contribution in [0.5, 0.6) is 0 Å². The van der Waals surface area contributed by atoms with Crippen LogP contribution in [0.25, 0.3) is 20.8 Å². The van der Waals surface area contributed by atoms with Crippen LogP contribution in [0.4, 0.5) is 5.69 Å². The number of carbonyl (C=O) groups excluding carboxylic acids is 1. The number of fused-ring (bicyclic) bond motifs is 1. The molecule has 4 aliphatic rings. The predicted molar refractivity (Wildman–Crippen MR) is 124 cm³/mol. The van der Waals surface area contributed by atoms with Crippen molar-refractivity contribution in [2.24, 2.45) is 23.2 Å². The summed E-state index contributed by atoms with van der Waals surface area (Å²) < 4.78 is 1.19. The molecule has 3 nitrogen and oxygen atoms in total. The standard InChI is InChI=1S/C26H28N2OS/c1-16-6-7-20(25-28-21-4-2-3-5-23(21)30-25)11-22(16)27-24(29)15-26-12-17-8-18(13-26)10-19(9-17)14-26/h2-7,11,17-19H,8-10,12-15H2,1H3,(H,27,29). The highest BCUT2D eigenvalue weighted by molar-refractivity contribution is 7.21. The molecule has 154 valence electrons. The van der Waals surface area contributed by atoms with E-state index in [2.05, 4.69) is 48.6 Å². The van der Waals surface area contributed by atoms with Crippen molar-refractivity contribution in [1.29, 1.82) is 0 Å². The van der Waals surface area contributed by atoms with Crippen LogP contribution < -0.4 is 5.32 Å². The Morgan fingerprint density at radius 1 is 1.07 bits per heavy atom. The number of rotatable bonds is 4. The number of amides is 1. The van der Waals surface area contributed by atoms with Gasteiger partial charge in [-0.1, -0.05) is 24.3 Å². The first-order chi connectivity index (χ1) is 14.6. The lowest BCUT2D eigenvalue weighted by Gasteiger charge is -2.56. The van der Waals surface area contributed by atoms with Crippen molar-refractivity contribution in [3.05, 3.63) is 48.0 Å². The summed E-state index contributed by atoms with van der Waals surface area (Å²) in [4.78, 5) is 17.9. The first-order valence-corrected chi connectivity index (χ1v) is 12.1. The van der Waals surface area contributed by atoms with Crippen LogP contribution in [0.1, 0.15) is 50.5 Å². The molecule has 1 N–H and O–H groups in total. The van der Waals surface area contributed by atoms with Crippen LogP contribution in [-0.2, 0) is 4.79 Å². The van der Waals surface area contributed by atoms with Gasteiger partial charge in [0.05, 0.1) is 10.2 Å². The van der Waals surface area contributed by atoms with E-state index in [4.69, 9.17) is 4.98 Å². The van der Waals surface area contributed by atoms with Crippen molar-refractivity contribution < 1.29 is 4.79 Å². The molecular formula is C26H28N2OS. The van der Waals surface area contributed by atoms with Crippen LogP contribution in [0.15, 0.2) is 42.5 Å². The summed E-state index contributed by atoms with van der Waals surface area (Å²) in [6, 6.07) is 14.6. The number of para-hydroxylation sites is 1. The van der Waals surface area contributed by atoms with Gasteiger partial charge in [0.1, 0.15) is 5.01 Å². The third-order valence-corrected chi connectivity index (χ3v) is 8.84. The van der Waals surface area contributed by atoms with Crippen LogP contribution in [0.2, 0.25) is 0 Å². The molecule has 0 radical (unpaired) electrons. The smallest absolute Gasteiger partial charge is 0.224 e. The molecule has 0 spiro atoms. The summed E-state index contributed by atoms with van der Waals surface area (Å²) in [5.41, 5.74) is 4.43. The Balaban J connectivity index is 1.22. The molecule has 4 saturated carbocycles. The zero-order valence-corrected chi connectivity index (χ0v) is 18.3. The van der Waals surface area contributed by atoms with Gasteiger partial charge in [-0.05, 0) is 92.4 Å². The molecule has 4 fully saturated rings. The van der Waals surface area contributed by atoms with Crippen molar-refractivity contribution in [3.63, 3.8) is 0 Å². The number of aromatic nitrogens is 1. The van der Waals surface area contributed by atoms with Gasteiger partial charge in [0.15, 0.2) is 0 Å². The Bertz CT molecular complexity index is 1060. The van der Waals surface area contributed by atoms with Crippen LogP contribution in [0, 0.1) is 30.1 Å². The van der Waals surface area contributed by atoms with Crippen molar-refractivity contribution in [2.75, 3.05) is 5.32 Å². The van der Waals surface area contributed by atoms with E-state index < -0.39 is 0 Å². The lowest BCUT2D eigenvalue weighted by Crippen LogP contribution is -2.47. The molecule has 2 aromatic carbocycles. The van der Waals surface area contributed by atoms with E-state index in [1.165, 1.54) is 43.2 Å². The third kappa shape index (κ3) is 3.26. The molecule has 3 aromatic rings. The normalized spacial score (nSPS) is 29.4. The van der Waals surface area contributed by atoms with Crippen molar-refractivity contribution in [2.45, 2.75) is 51.9 Å². The lowest BCUT2D eigenvalue weighted by molar-refractivity contribution is -0.124. The number of benzene rings is 2. The van der Waals surface area contributed by atoms with Crippen molar-refractivity contribution in [3.8, 4) is 10.6 Å². The molecule has 0 saturated heterocycles. The molecule has 30 heavy (non-hydrogen) atoms. The number of aryl methyl sites for hydroxylation is 1. The van der Waals surface area contributed by atoms with Gasteiger partial charge in [0, 0.05) is 17.7 Å². The van der Waals surface area contributed by atoms with E-state index in [1.54, 1.807) is 11.3 Å². The zero-order valence-electron chi connectivity index (χ0n) is 17.5. The Kier molecular flexibility index (Phi) is 4.28. The number of nitrogens with one attached hydrogen (secondary N) is 1. The number of thiazole rings is 1. The second kappa shape index (κ2) is 6.91. The predicted octanol–water partition coefficient (Wildman–Crippen LogP) is 6.82. The molecule has 0 unspecified atom stereocenters. The van der Waals surface area contributed by atoms with Gasteiger partial charge in [0.2, 0.25) is 5.91 Å². The number of hydrogen-bond acceptors (Lipinski definition) is 3. The Hall–Kier alpha value is -2.20. The number of anilines is 1. The molecule has 1 heterocycles. The molecule has 1 amide bonds. The molecule has 7 rings (SSSR count). The van der Waals surface area contributed by atoms with Crippen LogP contribution in [0.3, 0.4) is 0 Å². The average molecular weight is 417 g/mol. The summed E-state index contributed by atoms with van der Waals surface area (Å²) in [6.45, 7) is 2.07. The topological polar surface area (TPSA) is 42.0 Å². The second-order valence-electron chi connectivity index (χ2n) is 10.2. The van der Waals surface area contributed by atoms with E-state index in [9.17, 15) is 4.79 Å². The number of nitrogens with zero attached hydrogens (tertiary/aromatic N) is 1. The highest BCUT2D eigenvalue weighted by atomic mass is 32.1. The Morgan fingerprint density at radius 3 is 2.47 bits per heavy atom. The summed E-state index contributed by atoms with van der Waals surface area (Å²) in [5.74, 6) is 2.84. The maximum Gasteiger partial charge on any atom is 0.224 e. The Morgan fingerprint density at radius 2 is 1.77 bits per heavy atom. The van der Waals surface area contributed by atoms with Gasteiger partial charge in [-0.15, -0.1) is 11.3 Å². The first-order valence-electron chi connectivity index (χ1n) is 11.3. The quantitative estimate of drug-likeness (QED) is 0.507. The first kappa shape index (κ1) is 18.6. The summed E-state index contributed by atoms with van der Waals surface area (Å²) >= 11 is 1.70. The molecule has 4 aliphatic carbocycles. The maximum atomic E-state index is 13.1. The molecular weight excluding hydrogens is 388 g/mol. The SMILES string of the molecule is Cc1ccc(-c2nc3ccccc3s2)cc1NC(=O)CC12CC3CC(CC(C3)C1)C2. The summed E-state index contributed by atoms with van der Waals surface area (Å²) in [7, 11) is 0. The van der Waals surface area contributed by atoms with E-state index in [-0.39, 0.29) is 11.3 Å². The van der Waals surface area contributed by atoms with Crippen molar-refractivity contribution in [1.82, 2.24) is 4.98 Å². The van der Waals surface area contributed by atoms with E-state index in [1.807, 2.05) is 6.07 Å². The van der Waals surface area contributed by atoms with Gasteiger partial charge in [-0.2, -0.15) is 0 Å². The molecule has 0 atom stereocenters. The van der Waals surface area contributed by atoms with Crippen LogP contribution >= 0.6 is 11.3 Å². The molecule has 0 aliphatic heterocycles. The fourth-order valence-electron chi connectivity index (χ4n) is 6.93. The Labute approximate surface area is 181 Å². The summed E-state index contributed by atoms with van der Waals surface area (Å²) in [6.07, 6.45) is 8.78. The van der Waals surface area contributed by atoms with E-state index in [0.717, 1.165) is 45.1 Å². The molecule has 1 aromatic heterocycles. The van der Waals surface area contributed by atoms with Gasteiger partial charge in [0.25, 0.3) is 0 Å². The van der Waals surface area contributed by atoms with Gasteiger partial charge in [-0.3, -0.25) is 4.79 Å². The van der Waals surface area contributed by atoms with E-state index in [0.29, 0.717) is 6.42 Å². The van der Waals surface area contributed by atoms with Crippen LogP contribution in [-0.4, -0.2) is 10.9 Å². The third-order valence-electron chi connectivity index (χ3n) is 7.75. The zero-order chi connectivity index (χ0) is 20.3. The summed E-state index contributed by atoms with van der Waals surface area (Å²) in [5, 5.41) is 4.27. The fraction of sp³-hybridized carbons (Fsp3) is 0.462. The molecule has 4 bridgehead atoms. The maximum absolute atomic E-state index is 13.1. The minimum atomic E-state index is 0.196. The van der Waals surface area contributed by atoms with Crippen molar-refractivity contribution >= 4 is 33.1 Å². The highest BCUT2D eigenvalue weighted by Crippen LogP contribution is 2.61. The van der Waals surface area contributed by atoms with Gasteiger partial charge < -0.3 is 5.32 Å². The number of carbonyl (C=O) groups is 1. The average Bonchev–Trinajstić information content (AvgIpc) is 3.12. The highest BCUT2D eigenvalue weighted by Gasteiger charge is 2.51. The number of hydrogen-bond donors (Lipinski definition) is 1. The molecule has 4 heteroatoms. The van der Waals surface area contributed by atoms with Gasteiger partial charge >= 0.3 is 0 Å². The van der Waals surface area contributed by atoms with Gasteiger partial charge in [-0.25, -0.2) is 4.98 Å². The lowest BCUT2D eigenvalue weighted by atomic mass is 9.49. The second-order valence-corrected chi connectivity index (χ2v) is 11.2. The fourth-order valence-corrected chi connectivity index (χ4v) is 7.89. The minimum Gasteiger partial charge on any atom is -0.326 e. The van der Waals surface area contributed by atoms with E-state index >= 15 is 0 Å². The largest absolute Gasteiger partial charge is 0.326 e. The monoisotopic (exact) mass is 416 g/mol.